The van der Waals surface area contributed by atoms with Gasteiger partial charge in [0.25, 0.3) is 0 Å². The van der Waals surface area contributed by atoms with Gasteiger partial charge in [-0.15, -0.1) is 0 Å². The molecule has 0 saturated carbocycles. The summed E-state index contributed by atoms with van der Waals surface area (Å²) in [6.45, 7) is 0. The van der Waals surface area contributed by atoms with Gasteiger partial charge in [-0.3, -0.25) is 0 Å². The summed E-state index contributed by atoms with van der Waals surface area (Å²) in [6.07, 6.45) is 0. The molecule has 3 nitrogen and oxygen atoms in total. The summed E-state index contributed by atoms with van der Waals surface area (Å²) in [5, 5.41) is 0. The zero-order chi connectivity index (χ0) is 28.1. The number of fused-ring (bicyclic) bond motifs is 3. The Kier molecular flexibility index (Phi) is 5.76. The molecule has 7 rings (SSSR count). The van der Waals surface area contributed by atoms with Gasteiger partial charge < -0.3 is 0 Å². The number of para-hydroxylation sites is 2. The van der Waals surface area contributed by atoms with Gasteiger partial charge >= 0.3 is 0 Å². The van der Waals surface area contributed by atoms with Gasteiger partial charge in [0, 0.05) is 47.5 Å². The van der Waals surface area contributed by atoms with Crippen LogP contribution in [0.15, 0.2) is 121 Å². The van der Waals surface area contributed by atoms with E-state index in [0.29, 0.717) is 23.0 Å². The van der Waals surface area contributed by atoms with E-state index in [2.05, 4.69) is 0 Å². The van der Waals surface area contributed by atoms with Crippen LogP contribution in [0.5, 0.6) is 0 Å². The van der Waals surface area contributed by atoms with E-state index in [-0.39, 0.29) is 15.6 Å². The molecule has 0 aliphatic carbocycles. The Balaban J connectivity index is 1.54. The zero-order valence-corrected chi connectivity index (χ0v) is 21.4. The van der Waals surface area contributed by atoms with Gasteiger partial charge in [0.05, 0.1) is 22.5 Å². The third kappa shape index (κ3) is 3.85. The van der Waals surface area contributed by atoms with Gasteiger partial charge in [0.1, 0.15) is 23.3 Å². The average molecular weight is 547 g/mol. The lowest BCUT2D eigenvalue weighted by Crippen LogP contribution is -2.33. The minimum atomic E-state index is -0.727. The van der Waals surface area contributed by atoms with Crippen LogP contribution in [0.25, 0.3) is 33.6 Å². The summed E-state index contributed by atoms with van der Waals surface area (Å²) in [5.41, 5.74) is 4.57. The van der Waals surface area contributed by atoms with E-state index < -0.39 is 23.3 Å². The molecule has 1 aliphatic rings. The van der Waals surface area contributed by atoms with Crippen molar-refractivity contribution >= 4 is 23.0 Å². The molecule has 0 amide bonds. The minimum Gasteiger partial charge on any atom is -0.207 e. The van der Waals surface area contributed by atoms with Crippen LogP contribution < -0.4 is 4.48 Å². The Morgan fingerprint density at radius 2 is 0.854 bits per heavy atom. The predicted octanol–water partition coefficient (Wildman–Crippen LogP) is 9.65. The molecule has 0 radical (unpaired) electrons. The van der Waals surface area contributed by atoms with Crippen molar-refractivity contribution in [3.8, 4) is 33.6 Å². The highest BCUT2D eigenvalue weighted by Crippen LogP contribution is 2.61. The fraction of sp³-hybridized carbons (Fsp3) is 0. The van der Waals surface area contributed by atoms with Crippen molar-refractivity contribution in [3.05, 3.63) is 145 Å². The fourth-order valence-electron chi connectivity index (χ4n) is 5.64. The molecule has 2 aromatic heterocycles. The monoisotopic (exact) mass is 546 g/mol. The summed E-state index contributed by atoms with van der Waals surface area (Å²) in [6, 6.07) is 33.1. The van der Waals surface area contributed by atoms with Crippen LogP contribution in [0, 0.1) is 23.3 Å². The third-order valence-corrected chi connectivity index (χ3v) is 7.39. The summed E-state index contributed by atoms with van der Waals surface area (Å²) in [5.74, 6) is -1.80. The van der Waals surface area contributed by atoms with Crippen LogP contribution in [0.1, 0.15) is 0 Å². The second-order valence-electron chi connectivity index (χ2n) is 9.72. The van der Waals surface area contributed by atoms with Crippen LogP contribution in [-0.2, 0) is 0 Å². The van der Waals surface area contributed by atoms with E-state index in [4.69, 9.17) is 9.97 Å². The van der Waals surface area contributed by atoms with Crippen molar-refractivity contribution in [2.45, 2.75) is 0 Å². The van der Waals surface area contributed by atoms with Gasteiger partial charge in [-0.2, -0.15) is 14.5 Å². The molecule has 7 heteroatoms. The van der Waals surface area contributed by atoms with E-state index in [1.165, 1.54) is 24.3 Å². The number of hydrogen-bond acceptors (Lipinski definition) is 2. The first-order chi connectivity index (χ1) is 20.0. The van der Waals surface area contributed by atoms with Crippen molar-refractivity contribution in [2.75, 3.05) is 0 Å². The molecule has 1 aliphatic heterocycles. The number of rotatable bonds is 4. The first-order valence-electron chi connectivity index (χ1n) is 12.9. The maximum atomic E-state index is 14.9. The molecule has 3 heterocycles. The van der Waals surface area contributed by atoms with Crippen molar-refractivity contribution in [2.24, 2.45) is 0 Å². The quantitative estimate of drug-likeness (QED) is 0.162. The topological polar surface area (TPSA) is 25.8 Å². The summed E-state index contributed by atoms with van der Waals surface area (Å²) in [4.78, 5) is 9.88. The third-order valence-electron chi connectivity index (χ3n) is 7.39. The molecule has 0 atom stereocenters. The Labute approximate surface area is 233 Å². The lowest BCUT2D eigenvalue weighted by Gasteiger charge is -2.32. The van der Waals surface area contributed by atoms with E-state index in [9.17, 15) is 17.6 Å². The highest BCUT2D eigenvalue weighted by molar-refractivity contribution is 6.01. The number of benzene rings is 4. The molecule has 0 fully saturated rings. The SMILES string of the molecule is Fc1ccc(-c2cccc([N+]3(c4cccc(-c5ccc(F)cc5F)n4)c4ccccc4-c4ccccc43)n2)c(F)c1. The average Bonchev–Trinajstić information content (AvgIpc) is 3.29. The van der Waals surface area contributed by atoms with Crippen LogP contribution in [0.2, 0.25) is 0 Å². The van der Waals surface area contributed by atoms with Gasteiger partial charge in [-0.1, -0.05) is 36.4 Å². The van der Waals surface area contributed by atoms with Crippen LogP contribution >= 0.6 is 0 Å². The molecule has 198 valence electrons. The molecule has 4 aromatic carbocycles. The lowest BCUT2D eigenvalue weighted by molar-refractivity contribution is 0.584. The summed E-state index contributed by atoms with van der Waals surface area (Å²) < 4.78 is 57.1. The van der Waals surface area contributed by atoms with E-state index in [1.807, 2.05) is 60.7 Å². The number of pyridine rings is 2. The van der Waals surface area contributed by atoms with Crippen molar-refractivity contribution in [1.82, 2.24) is 14.5 Å². The molecule has 0 saturated heterocycles. The Hall–Kier alpha value is -5.14. The van der Waals surface area contributed by atoms with Gasteiger partial charge in [-0.25, -0.2) is 17.6 Å². The Morgan fingerprint density at radius 3 is 1.29 bits per heavy atom. The normalized spacial score (nSPS) is 13.1. The standard InChI is InChI=1S/C34H20F4N3/c35-21-15-17-25(27(37)19-21)29-9-5-13-33(39-29)41(31-11-3-1-7-23(31)24-8-2-4-12-32(24)41)34-14-6-10-30(40-34)26-18-16-22(36)20-28(26)38/h1-20H/q+1. The largest absolute Gasteiger partial charge is 0.244 e. The van der Waals surface area contributed by atoms with Crippen molar-refractivity contribution in [3.63, 3.8) is 0 Å². The minimum absolute atomic E-state index is 0.0698. The number of halogens is 4. The van der Waals surface area contributed by atoms with Crippen LogP contribution in [0.3, 0.4) is 0 Å². The predicted molar refractivity (Wildman–Crippen MR) is 152 cm³/mol. The molecule has 0 unspecified atom stereocenters. The Morgan fingerprint density at radius 1 is 0.415 bits per heavy atom. The van der Waals surface area contributed by atoms with Crippen molar-refractivity contribution < 1.29 is 17.6 Å². The molecule has 41 heavy (non-hydrogen) atoms. The Bertz CT molecular complexity index is 1830. The number of hydrogen-bond donors (Lipinski definition) is 0. The second-order valence-corrected chi connectivity index (χ2v) is 9.72. The number of quaternary nitrogens is 1. The van der Waals surface area contributed by atoms with E-state index in [0.717, 1.165) is 34.6 Å². The molecule has 0 bridgehead atoms. The molecule has 0 N–H and O–H groups in total. The maximum Gasteiger partial charge on any atom is 0.244 e. The number of aromatic nitrogens is 2. The summed E-state index contributed by atoms with van der Waals surface area (Å²) in [7, 11) is 0. The maximum absolute atomic E-state index is 14.9. The molecule has 0 spiro atoms. The van der Waals surface area contributed by atoms with Crippen LogP contribution in [0.4, 0.5) is 40.6 Å². The van der Waals surface area contributed by atoms with Crippen molar-refractivity contribution in [1.29, 1.82) is 0 Å². The van der Waals surface area contributed by atoms with Gasteiger partial charge in [0.2, 0.25) is 11.6 Å². The smallest absolute Gasteiger partial charge is 0.207 e. The zero-order valence-electron chi connectivity index (χ0n) is 21.4. The fourth-order valence-corrected chi connectivity index (χ4v) is 5.64. The molecular weight excluding hydrogens is 526 g/mol. The highest BCUT2D eigenvalue weighted by atomic mass is 19.1. The first-order valence-corrected chi connectivity index (χ1v) is 12.9. The van der Waals surface area contributed by atoms with E-state index >= 15 is 0 Å². The second kappa shape index (κ2) is 9.50. The molecular formula is C34H20F4N3+. The number of nitrogens with zero attached hydrogens (tertiary/aromatic N) is 3. The molecule has 6 aromatic rings. The van der Waals surface area contributed by atoms with Gasteiger partial charge in [0.15, 0.2) is 11.4 Å². The van der Waals surface area contributed by atoms with E-state index in [1.54, 1.807) is 24.3 Å². The lowest BCUT2D eigenvalue weighted by atomic mass is 10.1. The highest BCUT2D eigenvalue weighted by Gasteiger charge is 2.50. The van der Waals surface area contributed by atoms with Crippen LogP contribution in [-0.4, -0.2) is 9.97 Å². The first kappa shape index (κ1) is 24.9. The van der Waals surface area contributed by atoms with Gasteiger partial charge in [-0.05, 0) is 48.5 Å². The summed E-state index contributed by atoms with van der Waals surface area (Å²) >= 11 is 0.